The quantitative estimate of drug-likeness (QED) is 0.540. The molecule has 1 heterocycles. The molecule has 0 spiro atoms. The van der Waals surface area contributed by atoms with E-state index in [1.165, 1.54) is 0 Å². The van der Waals surface area contributed by atoms with E-state index in [1.54, 1.807) is 0 Å². The van der Waals surface area contributed by atoms with Crippen LogP contribution in [-0.2, 0) is 11.2 Å². The summed E-state index contributed by atoms with van der Waals surface area (Å²) in [6, 6.07) is 17.7. The number of carbonyl (C=O) groups excluding carboxylic acids is 1. The van der Waals surface area contributed by atoms with Crippen molar-refractivity contribution in [1.29, 1.82) is 0 Å². The first-order chi connectivity index (χ1) is 13.7. The maximum atomic E-state index is 12.0. The number of rotatable bonds is 9. The highest BCUT2D eigenvalue weighted by atomic mass is 35.5. The molecule has 28 heavy (non-hydrogen) atoms. The summed E-state index contributed by atoms with van der Waals surface area (Å²) in [6.45, 7) is 1.43. The average Bonchev–Trinajstić information content (AvgIpc) is 3.14. The molecule has 0 aliphatic heterocycles. The predicted molar refractivity (Wildman–Crippen MR) is 114 cm³/mol. The monoisotopic (exact) mass is 396 g/mol. The molecule has 5 nitrogen and oxygen atoms in total. The van der Waals surface area contributed by atoms with Crippen molar-refractivity contribution in [2.45, 2.75) is 19.3 Å². The van der Waals surface area contributed by atoms with Crippen LogP contribution >= 0.6 is 11.6 Å². The van der Waals surface area contributed by atoms with Gasteiger partial charge in [-0.3, -0.25) is 4.79 Å². The third kappa shape index (κ3) is 5.44. The van der Waals surface area contributed by atoms with Gasteiger partial charge in [-0.25, -0.2) is 4.68 Å². The molecule has 0 unspecified atom stereocenters. The van der Waals surface area contributed by atoms with E-state index < -0.39 is 0 Å². The van der Waals surface area contributed by atoms with Gasteiger partial charge in [0.15, 0.2) is 0 Å². The predicted octanol–water partition coefficient (Wildman–Crippen LogP) is 3.85. The Labute approximate surface area is 170 Å². The molecule has 2 N–H and O–H groups in total. The van der Waals surface area contributed by atoms with Gasteiger partial charge in [-0.15, -0.1) is 0 Å². The maximum absolute atomic E-state index is 12.0. The molecule has 0 atom stereocenters. The van der Waals surface area contributed by atoms with Crippen molar-refractivity contribution >= 4 is 17.5 Å². The first-order valence-corrected chi connectivity index (χ1v) is 9.86. The van der Waals surface area contributed by atoms with E-state index in [2.05, 4.69) is 10.6 Å². The van der Waals surface area contributed by atoms with Crippen molar-refractivity contribution in [3.05, 3.63) is 71.4 Å². The standard InChI is InChI=1S/C22H25ClN4O/c1-24-14-5-8-21(28)25-15-13-18-16-27(20-6-3-2-4-7-20)26-22(18)17-9-11-19(23)12-10-17/h2-4,6-7,9-12,16,24H,5,8,13-15H2,1H3,(H,25,28). The fraction of sp³-hybridized carbons (Fsp3) is 0.273. The van der Waals surface area contributed by atoms with Crippen LogP contribution in [0.2, 0.25) is 5.02 Å². The minimum absolute atomic E-state index is 0.0822. The largest absolute Gasteiger partial charge is 0.356 e. The van der Waals surface area contributed by atoms with Crippen molar-refractivity contribution in [1.82, 2.24) is 20.4 Å². The number of amides is 1. The van der Waals surface area contributed by atoms with Crippen LogP contribution < -0.4 is 10.6 Å². The Morgan fingerprint density at radius 3 is 2.54 bits per heavy atom. The molecule has 3 aromatic rings. The van der Waals surface area contributed by atoms with Gasteiger partial charge in [0.25, 0.3) is 0 Å². The van der Waals surface area contributed by atoms with Gasteiger partial charge in [-0.2, -0.15) is 5.10 Å². The Hall–Kier alpha value is -2.63. The third-order valence-electron chi connectivity index (χ3n) is 4.48. The second kappa shape index (κ2) is 10.1. The van der Waals surface area contributed by atoms with Gasteiger partial charge in [-0.05, 0) is 50.7 Å². The molecule has 0 aliphatic rings. The first-order valence-electron chi connectivity index (χ1n) is 9.48. The highest BCUT2D eigenvalue weighted by Crippen LogP contribution is 2.25. The van der Waals surface area contributed by atoms with E-state index in [0.29, 0.717) is 24.4 Å². The van der Waals surface area contributed by atoms with E-state index in [9.17, 15) is 4.79 Å². The van der Waals surface area contributed by atoms with Gasteiger partial charge in [0.1, 0.15) is 0 Å². The van der Waals surface area contributed by atoms with Crippen molar-refractivity contribution in [2.75, 3.05) is 20.1 Å². The Kier molecular flexibility index (Phi) is 7.23. The van der Waals surface area contributed by atoms with Gasteiger partial charge in [0.05, 0.1) is 11.4 Å². The molecule has 0 fully saturated rings. The summed E-state index contributed by atoms with van der Waals surface area (Å²) in [5, 5.41) is 11.5. The number of hydrogen-bond donors (Lipinski definition) is 2. The number of hydrogen-bond acceptors (Lipinski definition) is 3. The zero-order valence-corrected chi connectivity index (χ0v) is 16.7. The lowest BCUT2D eigenvalue weighted by molar-refractivity contribution is -0.121. The Balaban J connectivity index is 1.75. The smallest absolute Gasteiger partial charge is 0.220 e. The summed E-state index contributed by atoms with van der Waals surface area (Å²) >= 11 is 6.03. The molecule has 1 aromatic heterocycles. The topological polar surface area (TPSA) is 59.0 Å². The normalized spacial score (nSPS) is 10.8. The molecule has 146 valence electrons. The van der Waals surface area contributed by atoms with Crippen LogP contribution in [0.5, 0.6) is 0 Å². The second-order valence-corrected chi connectivity index (χ2v) is 7.03. The number of nitrogens with one attached hydrogen (secondary N) is 2. The van der Waals surface area contributed by atoms with Gasteiger partial charge < -0.3 is 10.6 Å². The van der Waals surface area contributed by atoms with Crippen LogP contribution in [0.4, 0.5) is 0 Å². The molecular formula is C22H25ClN4O. The van der Waals surface area contributed by atoms with E-state index in [1.807, 2.05) is 72.5 Å². The summed E-state index contributed by atoms with van der Waals surface area (Å²) in [5.74, 6) is 0.0822. The minimum atomic E-state index is 0.0822. The van der Waals surface area contributed by atoms with Gasteiger partial charge in [0.2, 0.25) is 5.91 Å². The molecular weight excluding hydrogens is 372 g/mol. The zero-order valence-electron chi connectivity index (χ0n) is 16.0. The lowest BCUT2D eigenvalue weighted by atomic mass is 10.1. The van der Waals surface area contributed by atoms with Crippen LogP contribution in [0.25, 0.3) is 16.9 Å². The number of aromatic nitrogens is 2. The van der Waals surface area contributed by atoms with Crippen molar-refractivity contribution in [3.63, 3.8) is 0 Å². The lowest BCUT2D eigenvalue weighted by Crippen LogP contribution is -2.26. The van der Waals surface area contributed by atoms with Gasteiger partial charge >= 0.3 is 0 Å². The number of halogens is 1. The van der Waals surface area contributed by atoms with Gasteiger partial charge in [0, 0.05) is 35.3 Å². The lowest BCUT2D eigenvalue weighted by Gasteiger charge is -2.06. The number of nitrogens with zero attached hydrogens (tertiary/aromatic N) is 2. The fourth-order valence-corrected chi connectivity index (χ4v) is 3.13. The van der Waals surface area contributed by atoms with E-state index >= 15 is 0 Å². The number of benzene rings is 2. The zero-order chi connectivity index (χ0) is 19.8. The molecule has 0 radical (unpaired) electrons. The van der Waals surface area contributed by atoms with E-state index in [4.69, 9.17) is 16.7 Å². The minimum Gasteiger partial charge on any atom is -0.356 e. The third-order valence-corrected chi connectivity index (χ3v) is 4.73. The summed E-state index contributed by atoms with van der Waals surface area (Å²) in [5.41, 5.74) is 4.00. The Morgan fingerprint density at radius 2 is 1.82 bits per heavy atom. The molecule has 2 aromatic carbocycles. The average molecular weight is 397 g/mol. The molecule has 0 aliphatic carbocycles. The van der Waals surface area contributed by atoms with Crippen LogP contribution in [0.1, 0.15) is 18.4 Å². The van der Waals surface area contributed by atoms with Crippen molar-refractivity contribution in [3.8, 4) is 16.9 Å². The Morgan fingerprint density at radius 1 is 1.07 bits per heavy atom. The molecule has 3 rings (SSSR count). The van der Waals surface area contributed by atoms with Crippen molar-refractivity contribution in [2.24, 2.45) is 0 Å². The number of para-hydroxylation sites is 1. The first kappa shape index (κ1) is 20.1. The van der Waals surface area contributed by atoms with Crippen molar-refractivity contribution < 1.29 is 4.79 Å². The maximum Gasteiger partial charge on any atom is 0.220 e. The highest BCUT2D eigenvalue weighted by Gasteiger charge is 2.13. The van der Waals surface area contributed by atoms with E-state index in [-0.39, 0.29) is 5.91 Å². The van der Waals surface area contributed by atoms with Gasteiger partial charge in [-0.1, -0.05) is 41.9 Å². The molecule has 6 heteroatoms. The van der Waals surface area contributed by atoms with Crippen LogP contribution in [0.15, 0.2) is 60.8 Å². The Bertz CT molecular complexity index is 891. The number of carbonyl (C=O) groups is 1. The summed E-state index contributed by atoms with van der Waals surface area (Å²) in [7, 11) is 1.89. The molecule has 0 saturated carbocycles. The van der Waals surface area contributed by atoms with Crippen LogP contribution in [0, 0.1) is 0 Å². The van der Waals surface area contributed by atoms with Crippen LogP contribution in [-0.4, -0.2) is 35.8 Å². The van der Waals surface area contributed by atoms with Crippen LogP contribution in [0.3, 0.4) is 0 Å². The summed E-state index contributed by atoms with van der Waals surface area (Å²) in [4.78, 5) is 12.0. The second-order valence-electron chi connectivity index (χ2n) is 6.60. The highest BCUT2D eigenvalue weighted by molar-refractivity contribution is 6.30. The summed E-state index contributed by atoms with van der Waals surface area (Å²) in [6.07, 6.45) is 4.12. The summed E-state index contributed by atoms with van der Waals surface area (Å²) < 4.78 is 1.88. The fourth-order valence-electron chi connectivity index (χ4n) is 3.01. The molecule has 0 bridgehead atoms. The molecule has 0 saturated heterocycles. The van der Waals surface area contributed by atoms with E-state index in [0.717, 1.165) is 35.5 Å². The SMILES string of the molecule is CNCCCC(=O)NCCc1cn(-c2ccccc2)nc1-c1ccc(Cl)cc1. The molecule has 1 amide bonds.